The van der Waals surface area contributed by atoms with Crippen LogP contribution in [0.2, 0.25) is 0 Å². The zero-order valence-corrected chi connectivity index (χ0v) is 20.6. The van der Waals surface area contributed by atoms with Gasteiger partial charge >= 0.3 is 0 Å². The predicted octanol–water partition coefficient (Wildman–Crippen LogP) is 4.89. The number of fused-ring (bicyclic) bond motifs is 3. The minimum Gasteiger partial charge on any atom is -0.353 e. The van der Waals surface area contributed by atoms with Gasteiger partial charge in [-0.2, -0.15) is 5.10 Å². The van der Waals surface area contributed by atoms with Crippen molar-refractivity contribution in [2.75, 3.05) is 19.6 Å². The summed E-state index contributed by atoms with van der Waals surface area (Å²) < 4.78 is 2.76. The number of aromatic nitrogens is 4. The fourth-order valence-electron chi connectivity index (χ4n) is 4.19. The lowest BCUT2D eigenvalue weighted by Crippen LogP contribution is -2.31. The maximum atomic E-state index is 12.5. The number of aryl methyl sites for hydroxylation is 1. The Morgan fingerprint density at radius 1 is 1.06 bits per heavy atom. The summed E-state index contributed by atoms with van der Waals surface area (Å²) in [6.07, 6.45) is 5.65. The first-order valence-electron chi connectivity index (χ1n) is 11.2. The number of carbonyl (C=O) groups is 1. The van der Waals surface area contributed by atoms with E-state index in [4.69, 9.17) is 0 Å². The third kappa shape index (κ3) is 4.22. The molecule has 5 rings (SSSR count). The van der Waals surface area contributed by atoms with Gasteiger partial charge in [-0.1, -0.05) is 35.0 Å². The van der Waals surface area contributed by atoms with E-state index in [2.05, 4.69) is 53.8 Å². The van der Waals surface area contributed by atoms with E-state index in [1.54, 1.807) is 4.68 Å². The largest absolute Gasteiger partial charge is 0.353 e. The predicted molar refractivity (Wildman–Crippen MR) is 140 cm³/mol. The number of benzene rings is 2. The number of hydrogen-bond donors (Lipinski definition) is 3. The van der Waals surface area contributed by atoms with E-state index in [9.17, 15) is 4.79 Å². The smallest absolute Gasteiger partial charge is 0.251 e. The number of hydrogen-bond acceptors (Lipinski definition) is 4. The second-order valence-electron chi connectivity index (χ2n) is 8.17. The summed E-state index contributed by atoms with van der Waals surface area (Å²) in [7, 11) is 1.90. The van der Waals surface area contributed by atoms with Crippen molar-refractivity contribution in [1.29, 1.82) is 0 Å². The Morgan fingerprint density at radius 3 is 2.62 bits per heavy atom. The number of aromatic amines is 1. The van der Waals surface area contributed by atoms with E-state index in [-0.39, 0.29) is 5.91 Å². The molecule has 0 radical (unpaired) electrons. The average molecular weight is 517 g/mol. The molecule has 0 bridgehead atoms. The maximum Gasteiger partial charge on any atom is 0.251 e. The van der Waals surface area contributed by atoms with E-state index in [1.165, 1.54) is 0 Å². The maximum absolute atomic E-state index is 12.5. The van der Waals surface area contributed by atoms with Gasteiger partial charge in [0.25, 0.3) is 5.91 Å². The van der Waals surface area contributed by atoms with Crippen molar-refractivity contribution >= 4 is 43.6 Å². The molecule has 34 heavy (non-hydrogen) atoms. The quantitative estimate of drug-likeness (QED) is 0.269. The Bertz CT molecular complexity index is 1490. The fourth-order valence-corrected chi connectivity index (χ4v) is 4.75. The van der Waals surface area contributed by atoms with Gasteiger partial charge in [-0.3, -0.25) is 14.5 Å². The zero-order valence-electron chi connectivity index (χ0n) is 19.0. The van der Waals surface area contributed by atoms with Crippen LogP contribution in [-0.4, -0.2) is 45.3 Å². The first kappa shape index (κ1) is 22.3. The standard InChI is InChI=1S/C26H25BrN6O/c1-3-28-10-11-29-26(34)17-6-4-16(5-7-17)24-20(27)8-9-21-25(24)19-12-22(30-14-23(19)32-21)18-13-31-33(2)15-18/h4-9,12-15,28,32H,3,10-11H2,1-2H3,(H,29,34). The van der Waals surface area contributed by atoms with Crippen LogP contribution in [0.3, 0.4) is 0 Å². The van der Waals surface area contributed by atoms with Gasteiger partial charge in [-0.05, 0) is 42.4 Å². The molecule has 1 amide bonds. The first-order valence-corrected chi connectivity index (χ1v) is 12.0. The molecule has 3 N–H and O–H groups in total. The SMILES string of the molecule is CCNCCNC(=O)c1ccc(-c2c(Br)ccc3[nH]c4cnc(-c5cnn(C)c5)cc4c23)cc1. The van der Waals surface area contributed by atoms with Crippen LogP contribution in [-0.2, 0) is 7.05 Å². The molecule has 0 saturated heterocycles. The Labute approximate surface area is 205 Å². The van der Waals surface area contributed by atoms with Gasteiger partial charge < -0.3 is 15.6 Å². The number of likely N-dealkylation sites (N-methyl/N-ethyl adjacent to an activating group) is 1. The molecule has 0 aliphatic rings. The lowest BCUT2D eigenvalue weighted by Gasteiger charge is -2.10. The minimum atomic E-state index is -0.0685. The van der Waals surface area contributed by atoms with Gasteiger partial charge in [-0.15, -0.1) is 0 Å². The Kier molecular flexibility index (Phi) is 6.17. The summed E-state index contributed by atoms with van der Waals surface area (Å²) in [5.74, 6) is -0.0685. The van der Waals surface area contributed by atoms with E-state index in [0.29, 0.717) is 12.1 Å². The molecule has 3 aromatic heterocycles. The van der Waals surface area contributed by atoms with Crippen LogP contribution in [0.15, 0.2) is 65.5 Å². The van der Waals surface area contributed by atoms with Crippen molar-refractivity contribution in [2.24, 2.45) is 7.05 Å². The van der Waals surface area contributed by atoms with Gasteiger partial charge in [0.05, 0.1) is 23.6 Å². The number of nitrogens with zero attached hydrogens (tertiary/aromatic N) is 3. The van der Waals surface area contributed by atoms with Gasteiger partial charge in [0, 0.05) is 63.8 Å². The van der Waals surface area contributed by atoms with Crippen LogP contribution >= 0.6 is 15.9 Å². The normalized spacial score (nSPS) is 11.4. The van der Waals surface area contributed by atoms with E-state index < -0.39 is 0 Å². The van der Waals surface area contributed by atoms with Crippen LogP contribution in [0.4, 0.5) is 0 Å². The Morgan fingerprint density at radius 2 is 1.88 bits per heavy atom. The van der Waals surface area contributed by atoms with E-state index in [1.807, 2.05) is 62.9 Å². The summed E-state index contributed by atoms with van der Waals surface area (Å²) in [5.41, 5.74) is 6.60. The monoisotopic (exact) mass is 516 g/mol. The van der Waals surface area contributed by atoms with Crippen molar-refractivity contribution in [3.63, 3.8) is 0 Å². The molecule has 0 atom stereocenters. The zero-order chi connectivity index (χ0) is 23.7. The number of H-pyrrole nitrogens is 1. The second kappa shape index (κ2) is 9.40. The fraction of sp³-hybridized carbons (Fsp3) is 0.192. The molecule has 3 heterocycles. The van der Waals surface area contributed by atoms with Gasteiger partial charge in [0.15, 0.2) is 0 Å². The second-order valence-corrected chi connectivity index (χ2v) is 9.03. The minimum absolute atomic E-state index is 0.0685. The first-order chi connectivity index (χ1) is 16.5. The number of carbonyl (C=O) groups excluding carboxylic acids is 1. The van der Waals surface area contributed by atoms with Crippen LogP contribution in [0.1, 0.15) is 17.3 Å². The van der Waals surface area contributed by atoms with Gasteiger partial charge in [-0.25, -0.2) is 0 Å². The molecule has 0 aliphatic heterocycles. The third-order valence-corrected chi connectivity index (χ3v) is 6.53. The van der Waals surface area contributed by atoms with Crippen molar-refractivity contribution in [3.05, 3.63) is 71.1 Å². The summed E-state index contributed by atoms with van der Waals surface area (Å²) in [6.45, 7) is 4.29. The highest BCUT2D eigenvalue weighted by atomic mass is 79.9. The van der Waals surface area contributed by atoms with Crippen molar-refractivity contribution in [1.82, 2.24) is 30.4 Å². The highest BCUT2D eigenvalue weighted by Crippen LogP contribution is 2.40. The van der Waals surface area contributed by atoms with Gasteiger partial charge in [0.1, 0.15) is 0 Å². The van der Waals surface area contributed by atoms with Crippen LogP contribution in [0.5, 0.6) is 0 Å². The van der Waals surface area contributed by atoms with Gasteiger partial charge in [0.2, 0.25) is 0 Å². The Hall–Kier alpha value is -3.49. The molecule has 0 spiro atoms. The molecule has 0 fully saturated rings. The van der Waals surface area contributed by atoms with Crippen molar-refractivity contribution in [3.8, 4) is 22.4 Å². The van der Waals surface area contributed by atoms with E-state index >= 15 is 0 Å². The molecule has 172 valence electrons. The summed E-state index contributed by atoms with van der Waals surface area (Å²) >= 11 is 3.76. The van der Waals surface area contributed by atoms with E-state index in [0.717, 1.165) is 61.8 Å². The molecule has 0 aliphatic carbocycles. The molecule has 0 saturated carbocycles. The molecular formula is C26H25BrN6O. The van der Waals surface area contributed by atoms with Crippen LogP contribution in [0, 0.1) is 0 Å². The van der Waals surface area contributed by atoms with Crippen molar-refractivity contribution < 1.29 is 4.79 Å². The lowest BCUT2D eigenvalue weighted by molar-refractivity contribution is 0.0954. The van der Waals surface area contributed by atoms with Crippen molar-refractivity contribution in [2.45, 2.75) is 6.92 Å². The highest BCUT2D eigenvalue weighted by molar-refractivity contribution is 9.10. The number of halogens is 1. The molecule has 7 nitrogen and oxygen atoms in total. The molecule has 0 unspecified atom stereocenters. The number of amides is 1. The Balaban J connectivity index is 1.55. The molecular weight excluding hydrogens is 492 g/mol. The average Bonchev–Trinajstić information content (AvgIpc) is 3.45. The topological polar surface area (TPSA) is 87.6 Å². The number of rotatable bonds is 7. The number of nitrogens with one attached hydrogen (secondary N) is 3. The summed E-state index contributed by atoms with van der Waals surface area (Å²) in [6, 6.07) is 14.0. The third-order valence-electron chi connectivity index (χ3n) is 5.87. The molecule has 8 heteroatoms. The molecule has 5 aromatic rings. The van der Waals surface area contributed by atoms with Crippen LogP contribution < -0.4 is 10.6 Å². The van der Waals surface area contributed by atoms with Crippen LogP contribution in [0.25, 0.3) is 44.2 Å². The number of pyridine rings is 1. The summed E-state index contributed by atoms with van der Waals surface area (Å²) in [5, 5.41) is 12.6. The summed E-state index contributed by atoms with van der Waals surface area (Å²) in [4.78, 5) is 20.6. The molecule has 2 aromatic carbocycles. The lowest BCUT2D eigenvalue weighted by atomic mass is 9.98. The highest BCUT2D eigenvalue weighted by Gasteiger charge is 2.16.